The Morgan fingerprint density at radius 3 is 2.36 bits per heavy atom. The summed E-state index contributed by atoms with van der Waals surface area (Å²) in [7, 11) is -0.592. The third kappa shape index (κ3) is 5.53. The number of hydrogen-bond donors (Lipinski definition) is 1. The van der Waals surface area contributed by atoms with E-state index >= 15 is 0 Å². The summed E-state index contributed by atoms with van der Waals surface area (Å²) in [6, 6.07) is 10.1. The zero-order chi connectivity index (χ0) is 20.9. The smallest absolute Gasteiger partial charge is 0.241 e. The van der Waals surface area contributed by atoms with E-state index in [4.69, 9.17) is 21.1 Å². The molecular formula is C19H23ClN2O5S. The summed E-state index contributed by atoms with van der Waals surface area (Å²) in [5.41, 5.74) is 1.86. The topological polar surface area (TPSA) is 84.9 Å². The number of carbonyl (C=O) groups excluding carboxylic acids is 1. The molecular weight excluding hydrogens is 404 g/mol. The summed E-state index contributed by atoms with van der Waals surface area (Å²) < 4.78 is 35.9. The quantitative estimate of drug-likeness (QED) is 0.701. The number of aryl methyl sites for hydroxylation is 1. The maximum absolute atomic E-state index is 12.4. The number of halogens is 1. The van der Waals surface area contributed by atoms with E-state index in [0.29, 0.717) is 27.8 Å². The van der Waals surface area contributed by atoms with Gasteiger partial charge in [-0.1, -0.05) is 17.7 Å². The monoisotopic (exact) mass is 426 g/mol. The van der Waals surface area contributed by atoms with Crippen LogP contribution in [-0.2, 0) is 21.4 Å². The van der Waals surface area contributed by atoms with Crippen LogP contribution in [0.15, 0.2) is 36.4 Å². The van der Waals surface area contributed by atoms with Crippen LogP contribution in [0.4, 0.5) is 5.69 Å². The fourth-order valence-corrected chi connectivity index (χ4v) is 3.80. The summed E-state index contributed by atoms with van der Waals surface area (Å²) in [5, 5.41) is 3.22. The summed E-state index contributed by atoms with van der Waals surface area (Å²) >= 11 is 5.94. The Balaban J connectivity index is 2.12. The summed E-state index contributed by atoms with van der Waals surface area (Å²) in [4.78, 5) is 12.4. The molecule has 0 aliphatic carbocycles. The molecule has 0 bridgehead atoms. The Labute approximate surface area is 170 Å². The molecule has 2 rings (SSSR count). The highest BCUT2D eigenvalue weighted by molar-refractivity contribution is 7.92. The van der Waals surface area contributed by atoms with Gasteiger partial charge in [-0.3, -0.25) is 9.10 Å². The first-order valence-electron chi connectivity index (χ1n) is 8.37. The van der Waals surface area contributed by atoms with Crippen molar-refractivity contribution in [2.75, 3.05) is 31.3 Å². The van der Waals surface area contributed by atoms with Gasteiger partial charge in [-0.25, -0.2) is 8.42 Å². The molecule has 0 aliphatic heterocycles. The minimum atomic E-state index is -3.66. The van der Waals surface area contributed by atoms with Gasteiger partial charge in [0.05, 0.1) is 26.2 Å². The van der Waals surface area contributed by atoms with Gasteiger partial charge in [-0.05, 0) is 48.4 Å². The number of anilines is 1. The third-order valence-corrected chi connectivity index (χ3v) is 5.41. The molecule has 2 aromatic carbocycles. The summed E-state index contributed by atoms with van der Waals surface area (Å²) in [5.74, 6) is 0.692. The zero-order valence-corrected chi connectivity index (χ0v) is 17.7. The van der Waals surface area contributed by atoms with Crippen LogP contribution in [0.3, 0.4) is 0 Å². The summed E-state index contributed by atoms with van der Waals surface area (Å²) in [6.07, 6.45) is 1.06. The standard InChI is InChI=1S/C19H23ClN2O5S/c1-13-9-15(20)6-7-16(13)22(28(4,24)25)12-19(23)21-11-14-5-8-17(26-2)18(10-14)27-3/h5-10H,11-12H2,1-4H3,(H,21,23). The molecule has 0 saturated carbocycles. The molecule has 0 aliphatic rings. The van der Waals surface area contributed by atoms with E-state index in [1.165, 1.54) is 14.2 Å². The molecule has 9 heteroatoms. The van der Waals surface area contributed by atoms with Crippen LogP contribution in [-0.4, -0.2) is 41.3 Å². The maximum atomic E-state index is 12.4. The molecule has 0 spiro atoms. The van der Waals surface area contributed by atoms with E-state index in [0.717, 1.165) is 16.1 Å². The molecule has 152 valence electrons. The van der Waals surface area contributed by atoms with Gasteiger partial charge in [0.2, 0.25) is 15.9 Å². The van der Waals surface area contributed by atoms with Crippen LogP contribution in [0, 0.1) is 6.92 Å². The molecule has 0 saturated heterocycles. The second-order valence-electron chi connectivity index (χ2n) is 6.17. The predicted octanol–water partition coefficient (Wildman–Crippen LogP) is 2.75. The summed E-state index contributed by atoms with van der Waals surface area (Å²) in [6.45, 7) is 1.62. The predicted molar refractivity (Wildman–Crippen MR) is 110 cm³/mol. The van der Waals surface area contributed by atoms with E-state index in [-0.39, 0.29) is 13.1 Å². The van der Waals surface area contributed by atoms with Gasteiger partial charge in [0.25, 0.3) is 0 Å². The van der Waals surface area contributed by atoms with Crippen molar-refractivity contribution in [1.82, 2.24) is 5.32 Å². The number of ether oxygens (including phenoxy) is 2. The highest BCUT2D eigenvalue weighted by Crippen LogP contribution is 2.28. The molecule has 1 N–H and O–H groups in total. The zero-order valence-electron chi connectivity index (χ0n) is 16.2. The molecule has 0 fully saturated rings. The second-order valence-corrected chi connectivity index (χ2v) is 8.51. The maximum Gasteiger partial charge on any atom is 0.241 e. The van der Waals surface area contributed by atoms with Crippen molar-refractivity contribution in [1.29, 1.82) is 0 Å². The van der Waals surface area contributed by atoms with Crippen LogP contribution in [0.25, 0.3) is 0 Å². The first-order chi connectivity index (χ1) is 13.2. The number of carbonyl (C=O) groups is 1. The van der Waals surface area contributed by atoms with Crippen molar-refractivity contribution in [2.24, 2.45) is 0 Å². The van der Waals surface area contributed by atoms with Crippen molar-refractivity contribution in [3.8, 4) is 11.5 Å². The van der Waals surface area contributed by atoms with E-state index in [1.54, 1.807) is 43.3 Å². The van der Waals surface area contributed by atoms with E-state index in [1.807, 2.05) is 0 Å². The number of nitrogens with zero attached hydrogens (tertiary/aromatic N) is 1. The minimum absolute atomic E-state index is 0.219. The fourth-order valence-electron chi connectivity index (χ4n) is 2.66. The average molecular weight is 427 g/mol. The highest BCUT2D eigenvalue weighted by Gasteiger charge is 2.22. The molecule has 1 amide bonds. The second kappa shape index (κ2) is 9.16. The van der Waals surface area contributed by atoms with Crippen molar-refractivity contribution < 1.29 is 22.7 Å². The van der Waals surface area contributed by atoms with Crippen LogP contribution in [0.1, 0.15) is 11.1 Å². The number of hydrogen-bond acceptors (Lipinski definition) is 5. The Bertz CT molecular complexity index is 963. The molecule has 28 heavy (non-hydrogen) atoms. The van der Waals surface area contributed by atoms with E-state index in [2.05, 4.69) is 5.32 Å². The largest absolute Gasteiger partial charge is 0.493 e. The molecule has 0 unspecified atom stereocenters. The lowest BCUT2D eigenvalue weighted by Gasteiger charge is -2.23. The van der Waals surface area contributed by atoms with Crippen molar-refractivity contribution in [3.05, 3.63) is 52.5 Å². The van der Waals surface area contributed by atoms with Crippen LogP contribution in [0.2, 0.25) is 5.02 Å². The Hall–Kier alpha value is -2.45. The first kappa shape index (κ1) is 21.8. The number of methoxy groups -OCH3 is 2. The highest BCUT2D eigenvalue weighted by atomic mass is 35.5. The number of amides is 1. The van der Waals surface area contributed by atoms with Gasteiger partial charge in [-0.2, -0.15) is 0 Å². The van der Waals surface area contributed by atoms with Crippen molar-refractivity contribution in [2.45, 2.75) is 13.5 Å². The Morgan fingerprint density at radius 1 is 1.11 bits per heavy atom. The molecule has 7 nitrogen and oxygen atoms in total. The Kier molecular flexibility index (Phi) is 7.15. The number of nitrogens with one attached hydrogen (secondary N) is 1. The van der Waals surface area contributed by atoms with Gasteiger partial charge in [0.15, 0.2) is 11.5 Å². The van der Waals surface area contributed by atoms with E-state index in [9.17, 15) is 13.2 Å². The lowest BCUT2D eigenvalue weighted by molar-refractivity contribution is -0.119. The third-order valence-electron chi connectivity index (χ3n) is 4.05. The van der Waals surface area contributed by atoms with Crippen molar-refractivity contribution in [3.63, 3.8) is 0 Å². The van der Waals surface area contributed by atoms with Gasteiger partial charge in [0.1, 0.15) is 6.54 Å². The number of rotatable bonds is 8. The minimum Gasteiger partial charge on any atom is -0.493 e. The SMILES string of the molecule is COc1ccc(CNC(=O)CN(c2ccc(Cl)cc2C)S(C)(=O)=O)cc1OC. The number of sulfonamides is 1. The van der Waals surface area contributed by atoms with Gasteiger partial charge < -0.3 is 14.8 Å². The lowest BCUT2D eigenvalue weighted by Crippen LogP contribution is -2.40. The fraction of sp³-hybridized carbons (Fsp3) is 0.316. The molecule has 0 atom stereocenters. The van der Waals surface area contributed by atoms with Crippen LogP contribution in [0.5, 0.6) is 11.5 Å². The molecule has 0 heterocycles. The van der Waals surface area contributed by atoms with Gasteiger partial charge >= 0.3 is 0 Å². The van der Waals surface area contributed by atoms with Crippen molar-refractivity contribution >= 4 is 33.2 Å². The molecule has 0 aromatic heterocycles. The van der Waals surface area contributed by atoms with Crippen LogP contribution >= 0.6 is 11.6 Å². The van der Waals surface area contributed by atoms with Gasteiger partial charge in [0, 0.05) is 11.6 Å². The normalized spacial score (nSPS) is 11.0. The van der Waals surface area contributed by atoms with Gasteiger partial charge in [-0.15, -0.1) is 0 Å². The lowest BCUT2D eigenvalue weighted by atomic mass is 10.2. The molecule has 2 aromatic rings. The van der Waals surface area contributed by atoms with Crippen LogP contribution < -0.4 is 19.1 Å². The molecule has 0 radical (unpaired) electrons. The average Bonchev–Trinajstić information content (AvgIpc) is 2.64. The first-order valence-corrected chi connectivity index (χ1v) is 10.6. The van der Waals surface area contributed by atoms with E-state index < -0.39 is 15.9 Å². The number of benzene rings is 2. The Morgan fingerprint density at radius 2 is 1.79 bits per heavy atom.